The summed E-state index contributed by atoms with van der Waals surface area (Å²) in [5.41, 5.74) is 9.66. The highest BCUT2D eigenvalue weighted by Gasteiger charge is 2.33. The number of hydrazine groups is 1. The van der Waals surface area contributed by atoms with E-state index in [1.807, 2.05) is 0 Å². The zero-order valence-electron chi connectivity index (χ0n) is 15.2. The Morgan fingerprint density at radius 3 is 2.74 bits per heavy atom. The second-order valence-electron chi connectivity index (χ2n) is 7.13. The van der Waals surface area contributed by atoms with E-state index >= 15 is 0 Å². The minimum absolute atomic E-state index is 0.00445. The van der Waals surface area contributed by atoms with Gasteiger partial charge in [-0.25, -0.2) is 9.40 Å². The summed E-state index contributed by atoms with van der Waals surface area (Å²) in [6.45, 7) is 0. The number of fused-ring (bicyclic) bond motifs is 1. The van der Waals surface area contributed by atoms with E-state index < -0.39 is 5.82 Å². The average Bonchev–Trinajstić information content (AvgIpc) is 3.04. The Kier molecular flexibility index (Phi) is 5.69. The molecule has 1 aliphatic carbocycles. The Hall–Kier alpha value is -2.16. The molecule has 9 heteroatoms. The van der Waals surface area contributed by atoms with Crippen LogP contribution in [0, 0.1) is 11.7 Å². The quantitative estimate of drug-likeness (QED) is 0.592. The largest absolute Gasteiger partial charge is 0.350 e. The maximum absolute atomic E-state index is 14.1. The Morgan fingerprint density at radius 2 is 2.07 bits per heavy atom. The molecule has 0 bridgehead atoms. The van der Waals surface area contributed by atoms with E-state index in [1.165, 1.54) is 12.1 Å². The van der Waals surface area contributed by atoms with Gasteiger partial charge in [0.2, 0.25) is 5.91 Å². The Balaban J connectivity index is 1.65. The number of nitrogens with zero attached hydrogens (tertiary/aromatic N) is 1. The van der Waals surface area contributed by atoms with Crippen molar-refractivity contribution in [3.8, 4) is 0 Å². The van der Waals surface area contributed by atoms with E-state index in [9.17, 15) is 14.0 Å². The van der Waals surface area contributed by atoms with Gasteiger partial charge in [-0.3, -0.25) is 15.0 Å². The molecule has 0 aliphatic heterocycles. The summed E-state index contributed by atoms with van der Waals surface area (Å²) in [6.07, 6.45) is 1.72. The lowest BCUT2D eigenvalue weighted by Gasteiger charge is -2.34. The fraction of sp³-hybridized carbons (Fsp3) is 0.444. The number of nitrogens with one attached hydrogen (secondary N) is 3. The standard InChI is InChI=1S/C18H23ClFN5O2/c1-25(2)24-17(26)9-3-5-14(12(21)7-9)23-18(27)15-8-10-13(22-15)6-4-11(19)16(10)20/h4,6,8-9,12,14,22H,3,5,7,21H2,1-2H3,(H,23,27)(H,24,26). The first-order valence-corrected chi connectivity index (χ1v) is 9.15. The van der Waals surface area contributed by atoms with Crippen molar-refractivity contribution in [1.29, 1.82) is 0 Å². The van der Waals surface area contributed by atoms with Crippen LogP contribution >= 0.6 is 11.6 Å². The van der Waals surface area contributed by atoms with Crippen molar-refractivity contribution in [1.82, 2.24) is 20.7 Å². The maximum atomic E-state index is 14.1. The number of amides is 2. The molecule has 2 amide bonds. The highest BCUT2D eigenvalue weighted by molar-refractivity contribution is 6.31. The van der Waals surface area contributed by atoms with Gasteiger partial charge in [-0.2, -0.15) is 0 Å². The number of H-pyrrole nitrogens is 1. The number of hydrogen-bond acceptors (Lipinski definition) is 4. The molecule has 7 nitrogen and oxygen atoms in total. The normalized spacial score (nSPS) is 22.8. The number of carbonyl (C=O) groups excluding carboxylic acids is 2. The molecule has 1 aliphatic rings. The minimum atomic E-state index is -0.561. The highest BCUT2D eigenvalue weighted by Crippen LogP contribution is 2.26. The Bertz CT molecular complexity index is 869. The Labute approximate surface area is 161 Å². The third kappa shape index (κ3) is 4.23. The molecule has 1 aromatic carbocycles. The van der Waals surface area contributed by atoms with Gasteiger partial charge >= 0.3 is 0 Å². The molecule has 5 N–H and O–H groups in total. The van der Waals surface area contributed by atoms with E-state index in [1.54, 1.807) is 25.2 Å². The molecule has 2 aromatic rings. The van der Waals surface area contributed by atoms with Crippen LogP contribution in [0.4, 0.5) is 4.39 Å². The molecule has 27 heavy (non-hydrogen) atoms. The smallest absolute Gasteiger partial charge is 0.268 e. The van der Waals surface area contributed by atoms with Crippen molar-refractivity contribution in [3.05, 3.63) is 34.7 Å². The summed E-state index contributed by atoms with van der Waals surface area (Å²) in [6, 6.07) is 3.91. The van der Waals surface area contributed by atoms with E-state index in [4.69, 9.17) is 17.3 Å². The predicted octanol–water partition coefficient (Wildman–Crippen LogP) is 1.78. The van der Waals surface area contributed by atoms with Crippen molar-refractivity contribution in [2.24, 2.45) is 11.7 Å². The SMILES string of the molecule is CN(C)NC(=O)C1CCC(NC(=O)c2cc3c(F)c(Cl)ccc3[nH]2)C(N)C1. The van der Waals surface area contributed by atoms with Crippen LogP contribution in [0.5, 0.6) is 0 Å². The molecule has 146 valence electrons. The molecule has 0 spiro atoms. The van der Waals surface area contributed by atoms with Gasteiger partial charge in [0, 0.05) is 43.0 Å². The van der Waals surface area contributed by atoms with E-state index in [0.717, 1.165) is 0 Å². The maximum Gasteiger partial charge on any atom is 0.268 e. The van der Waals surface area contributed by atoms with Crippen molar-refractivity contribution >= 4 is 34.3 Å². The summed E-state index contributed by atoms with van der Waals surface area (Å²) in [5, 5.41) is 4.76. The van der Waals surface area contributed by atoms with Crippen molar-refractivity contribution < 1.29 is 14.0 Å². The number of rotatable bonds is 4. The zero-order valence-corrected chi connectivity index (χ0v) is 15.9. The van der Waals surface area contributed by atoms with Crippen molar-refractivity contribution in [2.45, 2.75) is 31.3 Å². The topological polar surface area (TPSA) is 103 Å². The van der Waals surface area contributed by atoms with Crippen LogP contribution in [0.15, 0.2) is 18.2 Å². The predicted molar refractivity (Wildman–Crippen MR) is 102 cm³/mol. The van der Waals surface area contributed by atoms with Gasteiger partial charge in [-0.1, -0.05) is 11.6 Å². The zero-order chi connectivity index (χ0) is 19.7. The fourth-order valence-corrected chi connectivity index (χ4v) is 3.61. The summed E-state index contributed by atoms with van der Waals surface area (Å²) < 4.78 is 14.1. The summed E-state index contributed by atoms with van der Waals surface area (Å²) in [4.78, 5) is 27.6. The lowest BCUT2D eigenvalue weighted by atomic mass is 9.82. The lowest BCUT2D eigenvalue weighted by molar-refractivity contribution is -0.130. The molecular formula is C18H23ClFN5O2. The number of carbonyl (C=O) groups is 2. The van der Waals surface area contributed by atoms with Crippen LogP contribution in [0.3, 0.4) is 0 Å². The van der Waals surface area contributed by atoms with Gasteiger partial charge in [0.05, 0.1) is 5.02 Å². The first kappa shape index (κ1) is 19.6. The van der Waals surface area contributed by atoms with Gasteiger partial charge in [0.25, 0.3) is 5.91 Å². The van der Waals surface area contributed by atoms with Gasteiger partial charge in [-0.05, 0) is 37.5 Å². The van der Waals surface area contributed by atoms with E-state index in [0.29, 0.717) is 24.8 Å². The van der Waals surface area contributed by atoms with E-state index in [2.05, 4.69) is 15.7 Å². The van der Waals surface area contributed by atoms with Gasteiger partial charge in [-0.15, -0.1) is 0 Å². The third-order valence-electron chi connectivity index (χ3n) is 4.86. The van der Waals surface area contributed by atoms with Crippen LogP contribution in [-0.4, -0.2) is 48.0 Å². The summed E-state index contributed by atoms with van der Waals surface area (Å²) >= 11 is 5.78. The molecule has 1 fully saturated rings. The lowest BCUT2D eigenvalue weighted by Crippen LogP contribution is -2.53. The van der Waals surface area contributed by atoms with Gasteiger partial charge < -0.3 is 16.0 Å². The molecule has 0 radical (unpaired) electrons. The molecule has 1 heterocycles. The number of hydrogen-bond donors (Lipinski definition) is 4. The molecule has 1 aromatic heterocycles. The number of nitrogens with two attached hydrogens (primary N) is 1. The van der Waals surface area contributed by atoms with Crippen molar-refractivity contribution in [2.75, 3.05) is 14.1 Å². The van der Waals surface area contributed by atoms with Crippen LogP contribution in [0.25, 0.3) is 10.9 Å². The first-order chi connectivity index (χ1) is 12.8. The molecular weight excluding hydrogens is 373 g/mol. The summed E-state index contributed by atoms with van der Waals surface area (Å²) in [5.74, 6) is -1.17. The second-order valence-corrected chi connectivity index (χ2v) is 7.54. The van der Waals surface area contributed by atoms with Crippen molar-refractivity contribution in [3.63, 3.8) is 0 Å². The van der Waals surface area contributed by atoms with Crippen LogP contribution < -0.4 is 16.5 Å². The fourth-order valence-electron chi connectivity index (χ4n) is 3.44. The van der Waals surface area contributed by atoms with Crippen LogP contribution in [0.1, 0.15) is 29.8 Å². The minimum Gasteiger partial charge on any atom is -0.350 e. The average molecular weight is 396 g/mol. The molecule has 3 unspecified atom stereocenters. The number of halogens is 2. The summed E-state index contributed by atoms with van der Waals surface area (Å²) in [7, 11) is 3.50. The first-order valence-electron chi connectivity index (χ1n) is 8.77. The number of aromatic amines is 1. The molecule has 3 rings (SSSR count). The Morgan fingerprint density at radius 1 is 1.33 bits per heavy atom. The van der Waals surface area contributed by atoms with Crippen LogP contribution in [0.2, 0.25) is 5.02 Å². The molecule has 0 saturated heterocycles. The second kappa shape index (κ2) is 7.84. The monoisotopic (exact) mass is 395 g/mol. The van der Waals surface area contributed by atoms with Gasteiger partial charge in [0.15, 0.2) is 5.82 Å². The molecule has 3 atom stereocenters. The van der Waals surface area contributed by atoms with E-state index in [-0.39, 0.29) is 45.9 Å². The van der Waals surface area contributed by atoms with Crippen LogP contribution in [-0.2, 0) is 4.79 Å². The number of benzene rings is 1. The third-order valence-corrected chi connectivity index (χ3v) is 5.15. The number of aromatic nitrogens is 1. The van der Waals surface area contributed by atoms with Gasteiger partial charge in [0.1, 0.15) is 5.69 Å². The molecule has 1 saturated carbocycles. The highest BCUT2D eigenvalue weighted by atomic mass is 35.5.